The number of hydrogen-bond acceptors (Lipinski definition) is 3. The van der Waals surface area contributed by atoms with Gasteiger partial charge >= 0.3 is 6.09 Å². The lowest BCUT2D eigenvalue weighted by molar-refractivity contribution is -0.0177. The number of ether oxygens (including phenoxy) is 1. The standard InChI is InChI=1S/C23H34N2O2/c1-3-4-7-20-17-14-19(21-8-5-6-13-25(20)21)22(15-17)27-23(26)24-18-11-9-16(2)10-12-18/h9-12,17,19-22H,3-8,13-15H2,1-2H3,(H,24,26)/t17?,19?,20-,21+,22?/m0/s1. The van der Waals surface area contributed by atoms with Crippen LogP contribution in [0.5, 0.6) is 0 Å². The maximum Gasteiger partial charge on any atom is 0.411 e. The van der Waals surface area contributed by atoms with Crippen molar-refractivity contribution < 1.29 is 9.53 Å². The molecule has 1 saturated carbocycles. The number of piperidine rings is 2. The Bertz CT molecular complexity index is 644. The Morgan fingerprint density at radius 2 is 2.04 bits per heavy atom. The highest BCUT2D eigenvalue weighted by Crippen LogP contribution is 2.49. The van der Waals surface area contributed by atoms with Gasteiger partial charge in [-0.1, -0.05) is 43.9 Å². The van der Waals surface area contributed by atoms with Crippen LogP contribution in [0.2, 0.25) is 0 Å². The van der Waals surface area contributed by atoms with Crippen LogP contribution in [-0.4, -0.2) is 35.7 Å². The van der Waals surface area contributed by atoms with Crippen LogP contribution in [0.1, 0.15) is 63.9 Å². The molecule has 1 aliphatic carbocycles. The van der Waals surface area contributed by atoms with Gasteiger partial charge in [-0.05, 0) is 63.6 Å². The summed E-state index contributed by atoms with van der Waals surface area (Å²) in [5, 5.41) is 2.92. The molecular formula is C23H34N2O2. The third kappa shape index (κ3) is 4.01. The van der Waals surface area contributed by atoms with E-state index in [1.54, 1.807) is 0 Å². The van der Waals surface area contributed by atoms with Crippen LogP contribution in [0.25, 0.3) is 0 Å². The van der Waals surface area contributed by atoms with Gasteiger partial charge in [0, 0.05) is 23.7 Å². The van der Waals surface area contributed by atoms with Crippen molar-refractivity contribution in [3.63, 3.8) is 0 Å². The van der Waals surface area contributed by atoms with Crippen molar-refractivity contribution in [2.24, 2.45) is 11.8 Å². The molecule has 0 radical (unpaired) electrons. The van der Waals surface area contributed by atoms with Crippen molar-refractivity contribution >= 4 is 11.8 Å². The van der Waals surface area contributed by atoms with E-state index in [1.807, 2.05) is 31.2 Å². The van der Waals surface area contributed by atoms with E-state index in [0.29, 0.717) is 23.9 Å². The molecule has 2 bridgehead atoms. The number of anilines is 1. The van der Waals surface area contributed by atoms with E-state index in [2.05, 4.69) is 17.1 Å². The van der Waals surface area contributed by atoms with E-state index in [0.717, 1.165) is 12.1 Å². The van der Waals surface area contributed by atoms with Crippen LogP contribution >= 0.6 is 0 Å². The summed E-state index contributed by atoms with van der Waals surface area (Å²) in [7, 11) is 0. The third-order valence-electron chi connectivity index (χ3n) is 7.05. The number of nitrogens with zero attached hydrogens (tertiary/aromatic N) is 1. The lowest BCUT2D eigenvalue weighted by atomic mass is 9.79. The molecule has 2 heterocycles. The number of fused-ring (bicyclic) bond motifs is 4. The number of unbranched alkanes of at least 4 members (excludes halogenated alkanes) is 1. The van der Waals surface area contributed by atoms with Gasteiger partial charge in [-0.3, -0.25) is 10.2 Å². The van der Waals surface area contributed by atoms with Crippen LogP contribution in [0, 0.1) is 18.8 Å². The van der Waals surface area contributed by atoms with Crippen LogP contribution in [-0.2, 0) is 4.74 Å². The Morgan fingerprint density at radius 3 is 2.81 bits per heavy atom. The second kappa shape index (κ2) is 8.22. The molecule has 0 spiro atoms. The zero-order valence-electron chi connectivity index (χ0n) is 16.8. The number of rotatable bonds is 5. The summed E-state index contributed by atoms with van der Waals surface area (Å²) in [5.74, 6) is 1.23. The molecule has 1 aromatic rings. The van der Waals surface area contributed by atoms with Crippen molar-refractivity contribution in [2.45, 2.75) is 83.4 Å². The number of nitrogens with one attached hydrogen (secondary N) is 1. The van der Waals surface area contributed by atoms with Gasteiger partial charge in [0.1, 0.15) is 6.10 Å². The van der Waals surface area contributed by atoms with E-state index in [1.165, 1.54) is 57.1 Å². The first kappa shape index (κ1) is 18.8. The average Bonchev–Trinajstić information content (AvgIpc) is 3.03. The normalized spacial score (nSPS) is 32.7. The van der Waals surface area contributed by atoms with Crippen molar-refractivity contribution in [1.29, 1.82) is 0 Å². The molecule has 2 saturated heterocycles. The first-order valence-electron chi connectivity index (χ1n) is 11.0. The smallest absolute Gasteiger partial charge is 0.411 e. The van der Waals surface area contributed by atoms with Gasteiger partial charge in [-0.25, -0.2) is 4.79 Å². The monoisotopic (exact) mass is 370 g/mol. The summed E-state index contributed by atoms with van der Waals surface area (Å²) < 4.78 is 5.98. The molecule has 27 heavy (non-hydrogen) atoms. The lowest BCUT2D eigenvalue weighted by Crippen LogP contribution is -2.55. The minimum atomic E-state index is -0.288. The summed E-state index contributed by atoms with van der Waals surface area (Å²) in [4.78, 5) is 15.3. The summed E-state index contributed by atoms with van der Waals surface area (Å²) in [6, 6.07) is 9.23. The third-order valence-corrected chi connectivity index (χ3v) is 7.05. The maximum atomic E-state index is 12.5. The molecule has 4 nitrogen and oxygen atoms in total. The van der Waals surface area contributed by atoms with E-state index >= 15 is 0 Å². The summed E-state index contributed by atoms with van der Waals surface area (Å²) in [6.07, 6.45) is 9.92. The maximum absolute atomic E-state index is 12.5. The first-order chi connectivity index (χ1) is 13.2. The zero-order chi connectivity index (χ0) is 18.8. The fourth-order valence-corrected chi connectivity index (χ4v) is 5.78. The van der Waals surface area contributed by atoms with Crippen molar-refractivity contribution in [3.05, 3.63) is 29.8 Å². The topological polar surface area (TPSA) is 41.6 Å². The van der Waals surface area contributed by atoms with Crippen LogP contribution in [0.15, 0.2) is 24.3 Å². The van der Waals surface area contributed by atoms with Crippen LogP contribution < -0.4 is 5.32 Å². The molecule has 148 valence electrons. The van der Waals surface area contributed by atoms with Gasteiger partial charge < -0.3 is 4.74 Å². The molecule has 1 aromatic carbocycles. The number of benzene rings is 1. The first-order valence-corrected chi connectivity index (χ1v) is 11.0. The Hall–Kier alpha value is -1.55. The molecule has 4 rings (SSSR count). The van der Waals surface area contributed by atoms with Gasteiger partial charge in [0.2, 0.25) is 0 Å². The molecule has 0 aromatic heterocycles. The molecule has 3 aliphatic rings. The molecule has 1 N–H and O–H groups in total. The van der Waals surface area contributed by atoms with Gasteiger partial charge in [0.25, 0.3) is 0 Å². The summed E-state index contributed by atoms with van der Waals surface area (Å²) in [5.41, 5.74) is 2.00. The average molecular weight is 371 g/mol. The summed E-state index contributed by atoms with van der Waals surface area (Å²) >= 11 is 0. The lowest BCUT2D eigenvalue weighted by Gasteiger charge is -2.49. The van der Waals surface area contributed by atoms with Crippen molar-refractivity contribution in [1.82, 2.24) is 4.90 Å². The Morgan fingerprint density at radius 1 is 1.22 bits per heavy atom. The Kier molecular flexibility index (Phi) is 5.72. The largest absolute Gasteiger partial charge is 0.446 e. The predicted molar refractivity (Wildman–Crippen MR) is 109 cm³/mol. The predicted octanol–water partition coefficient (Wildman–Crippen LogP) is 5.37. The van der Waals surface area contributed by atoms with E-state index < -0.39 is 0 Å². The highest BCUT2D eigenvalue weighted by Gasteiger charge is 2.52. The second-order valence-electron chi connectivity index (χ2n) is 8.84. The Labute approximate surface area is 163 Å². The highest BCUT2D eigenvalue weighted by atomic mass is 16.6. The van der Waals surface area contributed by atoms with Gasteiger partial charge in [-0.15, -0.1) is 0 Å². The fraction of sp³-hybridized carbons (Fsp3) is 0.696. The fourth-order valence-electron chi connectivity index (χ4n) is 5.78. The molecule has 3 fully saturated rings. The number of amides is 1. The minimum absolute atomic E-state index is 0.0812. The second-order valence-corrected chi connectivity index (χ2v) is 8.84. The van der Waals surface area contributed by atoms with Gasteiger partial charge in [0.05, 0.1) is 0 Å². The molecule has 1 amide bonds. The molecule has 4 heteroatoms. The summed E-state index contributed by atoms with van der Waals surface area (Å²) in [6.45, 7) is 5.58. The number of carbonyl (C=O) groups excluding carboxylic acids is 1. The molecule has 3 unspecified atom stereocenters. The van der Waals surface area contributed by atoms with Gasteiger partial charge in [0.15, 0.2) is 0 Å². The van der Waals surface area contributed by atoms with E-state index in [-0.39, 0.29) is 12.2 Å². The Balaban J connectivity index is 1.42. The molecule has 2 aliphatic heterocycles. The SMILES string of the molecule is CCCC[C@H]1C2CC(OC(=O)Nc3ccc(C)cc3)C(C2)[C@H]2CCCCN21. The number of carbonyl (C=O) groups is 1. The van der Waals surface area contributed by atoms with Gasteiger partial charge in [-0.2, -0.15) is 0 Å². The molecular weight excluding hydrogens is 336 g/mol. The van der Waals surface area contributed by atoms with Crippen LogP contribution in [0.4, 0.5) is 10.5 Å². The van der Waals surface area contributed by atoms with E-state index in [4.69, 9.17) is 4.74 Å². The van der Waals surface area contributed by atoms with Crippen LogP contribution in [0.3, 0.4) is 0 Å². The van der Waals surface area contributed by atoms with Crippen molar-refractivity contribution in [3.8, 4) is 0 Å². The zero-order valence-corrected chi connectivity index (χ0v) is 16.8. The number of aryl methyl sites for hydroxylation is 1. The molecule has 5 atom stereocenters. The minimum Gasteiger partial charge on any atom is -0.446 e. The highest BCUT2D eigenvalue weighted by molar-refractivity contribution is 5.84. The number of hydrogen-bond donors (Lipinski definition) is 1. The van der Waals surface area contributed by atoms with Crippen molar-refractivity contribution in [2.75, 3.05) is 11.9 Å². The van der Waals surface area contributed by atoms with E-state index in [9.17, 15) is 4.79 Å². The quantitative estimate of drug-likeness (QED) is 0.758.